The summed E-state index contributed by atoms with van der Waals surface area (Å²) in [7, 11) is 0. The molecule has 0 saturated heterocycles. The first-order chi connectivity index (χ1) is 1.00. The van der Waals surface area contributed by atoms with Crippen LogP contribution in [0.5, 0.6) is 0 Å². The molecule has 0 aliphatic heterocycles. The van der Waals surface area contributed by atoms with E-state index in [1.54, 1.807) is 0 Å². The van der Waals surface area contributed by atoms with Crippen LogP contribution in [0.25, 0.3) is 0 Å². The summed E-state index contributed by atoms with van der Waals surface area (Å²) >= 11 is 0.0556. The van der Waals surface area contributed by atoms with E-state index in [2.05, 4.69) is 0 Å². The Morgan fingerprint density at radius 1 is 1.00 bits per heavy atom. The Morgan fingerprint density at radius 3 is 1.00 bits per heavy atom. The molecule has 0 aromatic carbocycles. The van der Waals surface area contributed by atoms with Crippen molar-refractivity contribution in [3.05, 3.63) is 0 Å². The molecule has 0 heterocycles. The molecule has 4 heteroatoms. The number of hydrogen-bond donors (Lipinski definition) is 0. The SMILES string of the molecule is O.O.[O]=[Pb]. The van der Waals surface area contributed by atoms with Crippen LogP contribution >= 0.6 is 0 Å². The Labute approximate surface area is 39.8 Å². The third-order valence-corrected chi connectivity index (χ3v) is 0. The molecule has 3 nitrogen and oxygen atoms in total. The monoisotopic (exact) mass is 260 g/mol. The molecule has 0 aromatic rings. The van der Waals surface area contributed by atoms with Crippen molar-refractivity contribution in [3.63, 3.8) is 0 Å². The van der Waals surface area contributed by atoms with Gasteiger partial charge in [-0.05, 0) is 0 Å². The van der Waals surface area contributed by atoms with Crippen molar-refractivity contribution in [2.45, 2.75) is 0 Å². The van der Waals surface area contributed by atoms with Crippen LogP contribution in [0.3, 0.4) is 0 Å². The van der Waals surface area contributed by atoms with E-state index in [0.717, 1.165) is 0 Å². The van der Waals surface area contributed by atoms with Gasteiger partial charge in [0.2, 0.25) is 0 Å². The van der Waals surface area contributed by atoms with Crippen LogP contribution in [-0.2, 0) is 2.69 Å². The Kier molecular flexibility index (Phi) is 352. The van der Waals surface area contributed by atoms with Crippen LogP contribution in [0.1, 0.15) is 0 Å². The Balaban J connectivity index is -0.00000000500. The molecular formula is H4O3Pb. The standard InChI is InChI=1S/2H2O.O.Pb/h2*1H2;;. The van der Waals surface area contributed by atoms with Gasteiger partial charge in [0.25, 0.3) is 0 Å². The number of rotatable bonds is 0. The molecule has 0 amide bonds. The van der Waals surface area contributed by atoms with Gasteiger partial charge in [-0.1, -0.05) is 0 Å². The van der Waals surface area contributed by atoms with Crippen LogP contribution in [0.15, 0.2) is 0 Å². The molecule has 0 rings (SSSR count). The zero-order valence-electron chi connectivity index (χ0n) is 1.91. The van der Waals surface area contributed by atoms with Crippen LogP contribution in [0.4, 0.5) is 0 Å². The van der Waals surface area contributed by atoms with Crippen LogP contribution in [0.2, 0.25) is 0 Å². The molecule has 0 atom stereocenters. The molecule has 0 unspecified atom stereocenters. The summed E-state index contributed by atoms with van der Waals surface area (Å²) in [6.45, 7) is 0. The van der Waals surface area contributed by atoms with Gasteiger partial charge in [0.1, 0.15) is 0 Å². The van der Waals surface area contributed by atoms with E-state index in [4.69, 9.17) is 2.69 Å². The summed E-state index contributed by atoms with van der Waals surface area (Å²) < 4.78 is 8.39. The minimum absolute atomic E-state index is 0. The fourth-order valence-electron chi connectivity index (χ4n) is 0. The molecule has 2 radical (unpaired) electrons. The first-order valence-corrected chi connectivity index (χ1v) is 1.79. The van der Waals surface area contributed by atoms with Crippen molar-refractivity contribution in [2.75, 3.05) is 0 Å². The second kappa shape index (κ2) is 61.7. The van der Waals surface area contributed by atoms with E-state index in [-0.39, 0.29) is 36.7 Å². The fraction of sp³-hybridized carbons (Fsp3) is 0. The Morgan fingerprint density at radius 2 is 1.00 bits per heavy atom. The van der Waals surface area contributed by atoms with Crippen molar-refractivity contribution >= 4 is 25.8 Å². The predicted octanol–water partition coefficient (Wildman–Crippen LogP) is -2.15. The van der Waals surface area contributed by atoms with Gasteiger partial charge in [-0.3, -0.25) is 0 Å². The van der Waals surface area contributed by atoms with Gasteiger partial charge in [-0.15, -0.1) is 0 Å². The van der Waals surface area contributed by atoms with E-state index < -0.39 is 0 Å². The summed E-state index contributed by atoms with van der Waals surface area (Å²) in [4.78, 5) is 0. The Hall–Kier alpha value is 0.642. The van der Waals surface area contributed by atoms with Gasteiger partial charge < -0.3 is 11.0 Å². The molecular weight excluding hydrogens is 255 g/mol. The zero-order chi connectivity index (χ0) is 2.00. The summed E-state index contributed by atoms with van der Waals surface area (Å²) in [5.41, 5.74) is 0. The van der Waals surface area contributed by atoms with Gasteiger partial charge >= 0.3 is 28.5 Å². The molecule has 4 N–H and O–H groups in total. The second-order valence-electron chi connectivity index (χ2n) is 0. The van der Waals surface area contributed by atoms with Crippen molar-refractivity contribution in [1.82, 2.24) is 0 Å². The van der Waals surface area contributed by atoms with E-state index >= 15 is 0 Å². The van der Waals surface area contributed by atoms with Crippen LogP contribution in [0, 0.1) is 0 Å². The zero-order valence-corrected chi connectivity index (χ0v) is 5.80. The molecule has 0 saturated carbocycles. The maximum absolute atomic E-state index is 8.39. The van der Waals surface area contributed by atoms with E-state index in [1.807, 2.05) is 0 Å². The summed E-state index contributed by atoms with van der Waals surface area (Å²) in [5.74, 6) is 0. The summed E-state index contributed by atoms with van der Waals surface area (Å²) in [6.07, 6.45) is 0. The molecule has 0 aliphatic rings. The molecule has 0 bridgehead atoms. The van der Waals surface area contributed by atoms with Crippen LogP contribution in [-0.4, -0.2) is 36.7 Å². The van der Waals surface area contributed by atoms with Gasteiger partial charge in [-0.2, -0.15) is 0 Å². The predicted molar refractivity (Wildman–Crippen MR) is 13.7 cm³/mol. The fourth-order valence-corrected chi connectivity index (χ4v) is 0. The van der Waals surface area contributed by atoms with E-state index in [1.165, 1.54) is 0 Å². The average Bonchev–Trinajstić information content (AvgIpc) is 1.00. The molecule has 0 aliphatic carbocycles. The normalized spacial score (nSPS) is 1.00. The van der Waals surface area contributed by atoms with Crippen molar-refractivity contribution < 1.29 is 13.6 Å². The summed E-state index contributed by atoms with van der Waals surface area (Å²) in [5, 5.41) is 0. The van der Waals surface area contributed by atoms with Crippen molar-refractivity contribution in [1.29, 1.82) is 0 Å². The van der Waals surface area contributed by atoms with Crippen molar-refractivity contribution in [3.8, 4) is 0 Å². The van der Waals surface area contributed by atoms with Crippen molar-refractivity contribution in [2.24, 2.45) is 0 Å². The van der Waals surface area contributed by atoms with Gasteiger partial charge in [0.15, 0.2) is 0 Å². The second-order valence-corrected chi connectivity index (χ2v) is 0. The first kappa shape index (κ1) is 22.8. The third-order valence-electron chi connectivity index (χ3n) is 0. The van der Waals surface area contributed by atoms with E-state index in [0.29, 0.717) is 0 Å². The maximum atomic E-state index is 8.39. The molecule has 4 heavy (non-hydrogen) atoms. The van der Waals surface area contributed by atoms with Gasteiger partial charge in [0.05, 0.1) is 0 Å². The molecule has 0 fully saturated rings. The van der Waals surface area contributed by atoms with Gasteiger partial charge in [0, 0.05) is 0 Å². The summed E-state index contributed by atoms with van der Waals surface area (Å²) in [6, 6.07) is 0. The van der Waals surface area contributed by atoms with Crippen LogP contribution < -0.4 is 0 Å². The molecule has 26 valence electrons. The quantitative estimate of drug-likeness (QED) is 0.457. The van der Waals surface area contributed by atoms with E-state index in [9.17, 15) is 0 Å². The molecule has 0 spiro atoms. The minimum atomic E-state index is 0. The number of hydrogen-bond acceptors (Lipinski definition) is 1. The first-order valence-electron chi connectivity index (χ1n) is 0.204. The third kappa shape index (κ3) is 17.3. The average molecular weight is 259 g/mol. The topological polar surface area (TPSA) is 80.1 Å². The Bertz CT molecular complexity index is 3.25. The van der Waals surface area contributed by atoms with Gasteiger partial charge in [-0.25, -0.2) is 0 Å². The molecule has 0 aromatic heterocycles.